The number of hydrogen-bond donors (Lipinski definition) is 1. The molecule has 1 N–H and O–H groups in total. The van der Waals surface area contributed by atoms with Crippen molar-refractivity contribution in [3.05, 3.63) is 29.8 Å². The summed E-state index contributed by atoms with van der Waals surface area (Å²) in [6, 6.07) is 4.80. The maximum absolute atomic E-state index is 12.9. The van der Waals surface area contributed by atoms with Crippen LogP contribution in [-0.2, 0) is 20.5 Å². The van der Waals surface area contributed by atoms with Gasteiger partial charge in [-0.05, 0) is 19.1 Å². The summed E-state index contributed by atoms with van der Waals surface area (Å²) in [7, 11) is 0. The Kier molecular flexibility index (Phi) is 4.74. The van der Waals surface area contributed by atoms with E-state index in [1.54, 1.807) is 6.92 Å². The van der Waals surface area contributed by atoms with E-state index < -0.39 is 28.9 Å². The van der Waals surface area contributed by atoms with E-state index in [-0.39, 0.29) is 17.5 Å². The van der Waals surface area contributed by atoms with Gasteiger partial charge in [-0.15, -0.1) is 0 Å². The van der Waals surface area contributed by atoms with Gasteiger partial charge in [0.25, 0.3) is 5.91 Å². The van der Waals surface area contributed by atoms with Crippen molar-refractivity contribution < 1.29 is 27.5 Å². The van der Waals surface area contributed by atoms with Crippen molar-refractivity contribution in [2.45, 2.75) is 18.3 Å². The number of benzene rings is 1. The first-order valence-electron chi connectivity index (χ1n) is 6.22. The van der Waals surface area contributed by atoms with Gasteiger partial charge in [0.05, 0.1) is 17.9 Å². The molecular formula is C13H11F3N2O3S. The Hall–Kier alpha value is -2.03. The molecule has 0 aliphatic carbocycles. The van der Waals surface area contributed by atoms with Gasteiger partial charge in [0, 0.05) is 0 Å². The number of esters is 1. The molecule has 1 aliphatic rings. The first kappa shape index (κ1) is 16.3. The highest BCUT2D eigenvalue weighted by molar-refractivity contribution is 8.16. The van der Waals surface area contributed by atoms with Crippen molar-refractivity contribution in [3.8, 4) is 0 Å². The highest BCUT2D eigenvalue weighted by Crippen LogP contribution is 2.35. The van der Waals surface area contributed by atoms with Crippen LogP contribution in [0.25, 0.3) is 0 Å². The number of amidine groups is 1. The number of nitrogens with one attached hydrogen (secondary N) is 1. The molecule has 1 aliphatic heterocycles. The Labute approximate surface area is 127 Å². The molecule has 2 rings (SSSR count). The van der Waals surface area contributed by atoms with E-state index >= 15 is 0 Å². The lowest BCUT2D eigenvalue weighted by molar-refractivity contribution is -0.144. The van der Waals surface area contributed by atoms with Crippen LogP contribution in [0, 0.1) is 0 Å². The molecule has 1 aromatic carbocycles. The third-order valence-electron chi connectivity index (χ3n) is 2.64. The van der Waals surface area contributed by atoms with Gasteiger partial charge in [-0.2, -0.15) is 18.2 Å². The molecule has 1 amide bonds. The number of rotatable bonds is 3. The van der Waals surface area contributed by atoms with Crippen molar-refractivity contribution in [2.24, 2.45) is 4.99 Å². The number of aliphatic imine (C=N–C) groups is 1. The van der Waals surface area contributed by atoms with Gasteiger partial charge in [0.1, 0.15) is 0 Å². The molecule has 0 saturated carbocycles. The highest BCUT2D eigenvalue weighted by atomic mass is 32.2. The Morgan fingerprint density at radius 2 is 2.09 bits per heavy atom. The Bertz CT molecular complexity index is 631. The van der Waals surface area contributed by atoms with Crippen LogP contribution in [0.3, 0.4) is 0 Å². The molecule has 118 valence electrons. The Balaban J connectivity index is 2.15. The van der Waals surface area contributed by atoms with Crippen molar-refractivity contribution in [3.63, 3.8) is 0 Å². The minimum absolute atomic E-state index is 0.0697. The first-order chi connectivity index (χ1) is 10.3. The molecule has 1 aromatic rings. The van der Waals surface area contributed by atoms with Gasteiger partial charge in [-0.1, -0.05) is 23.9 Å². The van der Waals surface area contributed by atoms with E-state index in [9.17, 15) is 22.8 Å². The lowest BCUT2D eigenvalue weighted by Crippen LogP contribution is -2.25. The minimum atomic E-state index is -4.54. The zero-order chi connectivity index (χ0) is 16.3. The summed E-state index contributed by atoms with van der Waals surface area (Å²) in [5.74, 6) is -1.52. The standard InChI is InChI=1S/C13H11F3N2O3S/c1-2-21-11(20)9-10(19)18-12(22-9)17-8-6-4-3-5-7(8)13(14,15)16/h3-6,9H,2H2,1H3,(H,17,18,19). The van der Waals surface area contributed by atoms with Crippen LogP contribution in [0.2, 0.25) is 0 Å². The van der Waals surface area contributed by atoms with E-state index in [2.05, 4.69) is 10.3 Å². The fraction of sp³-hybridized carbons (Fsp3) is 0.308. The van der Waals surface area contributed by atoms with E-state index in [4.69, 9.17) is 4.74 Å². The topological polar surface area (TPSA) is 67.8 Å². The van der Waals surface area contributed by atoms with Crippen molar-refractivity contribution in [2.75, 3.05) is 11.9 Å². The van der Waals surface area contributed by atoms with Gasteiger partial charge in [-0.3, -0.25) is 9.59 Å². The molecule has 0 bridgehead atoms. The lowest BCUT2D eigenvalue weighted by Gasteiger charge is -2.13. The second-order valence-corrected chi connectivity index (χ2v) is 5.27. The second kappa shape index (κ2) is 6.39. The summed E-state index contributed by atoms with van der Waals surface area (Å²) in [6.45, 7) is 1.68. The quantitative estimate of drug-likeness (QED) is 0.681. The molecule has 5 nitrogen and oxygen atoms in total. The van der Waals surface area contributed by atoms with Crippen molar-refractivity contribution in [1.82, 2.24) is 0 Å². The number of anilines is 1. The van der Waals surface area contributed by atoms with Crippen LogP contribution < -0.4 is 5.32 Å². The molecule has 0 spiro atoms. The Morgan fingerprint density at radius 3 is 2.73 bits per heavy atom. The predicted octanol–water partition coefficient (Wildman–Crippen LogP) is 2.68. The molecule has 22 heavy (non-hydrogen) atoms. The smallest absolute Gasteiger partial charge is 0.418 e. The zero-order valence-electron chi connectivity index (χ0n) is 11.3. The van der Waals surface area contributed by atoms with E-state index in [1.165, 1.54) is 18.2 Å². The number of halogens is 3. The van der Waals surface area contributed by atoms with Crippen LogP contribution in [0.1, 0.15) is 12.5 Å². The summed E-state index contributed by atoms with van der Waals surface area (Å²) in [6.07, 6.45) is -4.54. The molecule has 0 radical (unpaired) electrons. The average molecular weight is 332 g/mol. The van der Waals surface area contributed by atoms with Crippen LogP contribution >= 0.6 is 11.8 Å². The number of thioether (sulfide) groups is 1. The summed E-state index contributed by atoms with van der Waals surface area (Å²) >= 11 is 0.728. The third kappa shape index (κ3) is 3.59. The highest BCUT2D eigenvalue weighted by Gasteiger charge is 2.38. The number of carbonyl (C=O) groups is 2. The maximum Gasteiger partial charge on any atom is 0.418 e. The number of hydrogen-bond acceptors (Lipinski definition) is 5. The molecule has 0 fully saturated rings. The van der Waals surface area contributed by atoms with Crippen LogP contribution in [0.15, 0.2) is 29.3 Å². The lowest BCUT2D eigenvalue weighted by atomic mass is 10.2. The van der Waals surface area contributed by atoms with Gasteiger partial charge < -0.3 is 10.1 Å². The van der Waals surface area contributed by atoms with Crippen LogP contribution in [0.5, 0.6) is 0 Å². The fourth-order valence-electron chi connectivity index (χ4n) is 1.73. The van der Waals surface area contributed by atoms with Gasteiger partial charge >= 0.3 is 12.1 Å². The summed E-state index contributed by atoms with van der Waals surface area (Å²) in [5, 5.41) is 1.19. The van der Waals surface area contributed by atoms with E-state index in [0.29, 0.717) is 0 Å². The molecule has 1 unspecified atom stereocenters. The number of amides is 1. The van der Waals surface area contributed by atoms with E-state index in [1.807, 2.05) is 0 Å². The number of ether oxygens (including phenoxy) is 1. The summed E-state index contributed by atoms with van der Waals surface area (Å²) in [4.78, 5) is 26.7. The zero-order valence-corrected chi connectivity index (χ0v) is 12.1. The van der Waals surface area contributed by atoms with Crippen molar-refractivity contribution in [1.29, 1.82) is 0 Å². The minimum Gasteiger partial charge on any atom is -0.465 e. The molecule has 0 saturated heterocycles. The number of alkyl halides is 3. The largest absolute Gasteiger partial charge is 0.465 e. The average Bonchev–Trinajstić information content (AvgIpc) is 2.79. The van der Waals surface area contributed by atoms with Gasteiger partial charge in [0.15, 0.2) is 10.4 Å². The Morgan fingerprint density at radius 1 is 1.41 bits per heavy atom. The SMILES string of the molecule is CCOC(=O)C1SC(Nc2ccccc2C(F)(F)F)=NC1=O. The maximum atomic E-state index is 12.9. The molecule has 9 heteroatoms. The number of para-hydroxylation sites is 1. The van der Waals surface area contributed by atoms with Gasteiger partial charge in [0.2, 0.25) is 0 Å². The predicted molar refractivity (Wildman–Crippen MR) is 75.5 cm³/mol. The van der Waals surface area contributed by atoms with E-state index in [0.717, 1.165) is 17.8 Å². The van der Waals surface area contributed by atoms with Crippen LogP contribution in [-0.4, -0.2) is 28.9 Å². The summed E-state index contributed by atoms with van der Waals surface area (Å²) < 4.78 is 43.3. The monoisotopic (exact) mass is 332 g/mol. The second-order valence-electron chi connectivity index (χ2n) is 4.17. The number of carbonyl (C=O) groups excluding carboxylic acids is 2. The molecule has 0 aromatic heterocycles. The van der Waals surface area contributed by atoms with Crippen LogP contribution in [0.4, 0.5) is 18.9 Å². The van der Waals surface area contributed by atoms with Crippen molar-refractivity contribution >= 4 is 34.5 Å². The third-order valence-corrected chi connectivity index (χ3v) is 3.69. The molecule has 1 atom stereocenters. The fourth-order valence-corrected chi connectivity index (χ4v) is 2.58. The van der Waals surface area contributed by atoms with Gasteiger partial charge in [-0.25, -0.2) is 0 Å². The molecular weight excluding hydrogens is 321 g/mol. The molecule has 1 heterocycles. The number of nitrogens with zero attached hydrogens (tertiary/aromatic N) is 1. The normalized spacial score (nSPS) is 18.1. The summed E-state index contributed by atoms with van der Waals surface area (Å²) in [5.41, 5.74) is -1.12. The first-order valence-corrected chi connectivity index (χ1v) is 7.10.